The van der Waals surface area contributed by atoms with Crippen molar-refractivity contribution in [3.63, 3.8) is 0 Å². The van der Waals surface area contributed by atoms with Crippen molar-refractivity contribution >= 4 is 11.7 Å². The Morgan fingerprint density at radius 2 is 2.38 bits per heavy atom. The van der Waals surface area contributed by atoms with E-state index in [1.165, 1.54) is 6.07 Å². The Bertz CT molecular complexity index is 404. The number of hydrogen-bond acceptors (Lipinski definition) is 2. The van der Waals surface area contributed by atoms with Gasteiger partial charge in [0.2, 0.25) is 0 Å². The van der Waals surface area contributed by atoms with Gasteiger partial charge in [0, 0.05) is 6.04 Å². The number of aromatic carboxylic acids is 1. The van der Waals surface area contributed by atoms with Crippen molar-refractivity contribution in [2.45, 2.75) is 19.4 Å². The summed E-state index contributed by atoms with van der Waals surface area (Å²) in [5.41, 5.74) is -0.0275. The van der Waals surface area contributed by atoms with Gasteiger partial charge < -0.3 is 10.4 Å². The Morgan fingerprint density at radius 3 is 2.94 bits per heavy atom. The van der Waals surface area contributed by atoms with Crippen molar-refractivity contribution in [2.24, 2.45) is 0 Å². The summed E-state index contributed by atoms with van der Waals surface area (Å²) in [5.74, 6) is -2.00. The molecule has 3 nitrogen and oxygen atoms in total. The molecule has 86 valence electrons. The van der Waals surface area contributed by atoms with Gasteiger partial charge in [-0.15, -0.1) is 6.58 Å². The van der Waals surface area contributed by atoms with Crippen LogP contribution in [-0.4, -0.2) is 17.1 Å². The molecule has 0 aromatic heterocycles. The molecule has 0 fully saturated rings. The second kappa shape index (κ2) is 5.30. The van der Waals surface area contributed by atoms with E-state index in [0.29, 0.717) is 12.1 Å². The molecule has 2 N–H and O–H groups in total. The molecule has 1 atom stereocenters. The van der Waals surface area contributed by atoms with E-state index in [1.54, 1.807) is 12.1 Å². The lowest BCUT2D eigenvalue weighted by Crippen LogP contribution is -2.17. The van der Waals surface area contributed by atoms with Gasteiger partial charge in [-0.05, 0) is 25.5 Å². The van der Waals surface area contributed by atoms with E-state index in [1.807, 2.05) is 6.92 Å². The predicted molar refractivity (Wildman–Crippen MR) is 61.3 cm³/mol. The van der Waals surface area contributed by atoms with E-state index in [9.17, 15) is 9.18 Å². The van der Waals surface area contributed by atoms with Crippen molar-refractivity contribution in [3.8, 4) is 0 Å². The van der Waals surface area contributed by atoms with Crippen LogP contribution in [0.1, 0.15) is 23.7 Å². The van der Waals surface area contributed by atoms with Crippen molar-refractivity contribution in [1.29, 1.82) is 0 Å². The molecule has 0 radical (unpaired) electrons. The standard InChI is InChI=1S/C12H14FNO2/c1-3-5-8(2)14-10-7-4-6-9(13)11(10)12(15)16/h3-4,6-8,14H,1,5H2,2H3,(H,15,16). The average molecular weight is 223 g/mol. The first-order valence-electron chi connectivity index (χ1n) is 4.95. The van der Waals surface area contributed by atoms with Crippen LogP contribution in [0.4, 0.5) is 10.1 Å². The maximum atomic E-state index is 13.3. The number of benzene rings is 1. The number of anilines is 1. The molecule has 0 saturated heterocycles. The molecule has 0 bridgehead atoms. The summed E-state index contributed by atoms with van der Waals surface area (Å²) in [5, 5.41) is 11.8. The van der Waals surface area contributed by atoms with Gasteiger partial charge in [0.05, 0.1) is 5.69 Å². The number of carboxylic acids is 1. The van der Waals surface area contributed by atoms with E-state index < -0.39 is 11.8 Å². The van der Waals surface area contributed by atoms with Crippen molar-refractivity contribution in [1.82, 2.24) is 0 Å². The lowest BCUT2D eigenvalue weighted by Gasteiger charge is -2.15. The van der Waals surface area contributed by atoms with Crippen LogP contribution in [0.3, 0.4) is 0 Å². The second-order valence-corrected chi connectivity index (χ2v) is 3.54. The van der Waals surface area contributed by atoms with Gasteiger partial charge in [0.1, 0.15) is 11.4 Å². The molecule has 0 spiro atoms. The van der Waals surface area contributed by atoms with Gasteiger partial charge in [0.25, 0.3) is 0 Å². The highest BCUT2D eigenvalue weighted by Crippen LogP contribution is 2.20. The number of carbonyl (C=O) groups is 1. The zero-order chi connectivity index (χ0) is 12.1. The molecule has 1 aromatic rings. The molecule has 0 aliphatic rings. The first kappa shape index (κ1) is 12.2. The van der Waals surface area contributed by atoms with Crippen LogP contribution in [0, 0.1) is 5.82 Å². The first-order valence-corrected chi connectivity index (χ1v) is 4.95. The van der Waals surface area contributed by atoms with Crippen LogP contribution in [0.25, 0.3) is 0 Å². The second-order valence-electron chi connectivity index (χ2n) is 3.54. The van der Waals surface area contributed by atoms with Gasteiger partial charge in [-0.1, -0.05) is 12.1 Å². The summed E-state index contributed by atoms with van der Waals surface area (Å²) < 4.78 is 13.3. The van der Waals surface area contributed by atoms with Gasteiger partial charge >= 0.3 is 5.97 Å². The smallest absolute Gasteiger partial charge is 0.340 e. The molecular formula is C12H14FNO2. The van der Waals surface area contributed by atoms with E-state index >= 15 is 0 Å². The zero-order valence-corrected chi connectivity index (χ0v) is 9.03. The fourth-order valence-corrected chi connectivity index (χ4v) is 1.44. The maximum Gasteiger partial charge on any atom is 0.340 e. The highest BCUT2D eigenvalue weighted by Gasteiger charge is 2.16. The Morgan fingerprint density at radius 1 is 1.69 bits per heavy atom. The molecule has 1 unspecified atom stereocenters. The summed E-state index contributed by atoms with van der Waals surface area (Å²) >= 11 is 0. The third kappa shape index (κ3) is 2.82. The average Bonchev–Trinajstić information content (AvgIpc) is 2.17. The summed E-state index contributed by atoms with van der Waals surface area (Å²) in [6.07, 6.45) is 2.40. The summed E-state index contributed by atoms with van der Waals surface area (Å²) in [6, 6.07) is 4.17. The number of carboxylic acid groups (broad SMARTS) is 1. The highest BCUT2D eigenvalue weighted by atomic mass is 19.1. The van der Waals surface area contributed by atoms with Crippen LogP contribution in [0.15, 0.2) is 30.9 Å². The zero-order valence-electron chi connectivity index (χ0n) is 9.03. The van der Waals surface area contributed by atoms with Gasteiger partial charge in [-0.3, -0.25) is 0 Å². The number of nitrogens with one attached hydrogen (secondary N) is 1. The van der Waals surface area contributed by atoms with Gasteiger partial charge in [0.15, 0.2) is 0 Å². The molecule has 16 heavy (non-hydrogen) atoms. The molecule has 4 heteroatoms. The Hall–Kier alpha value is -1.84. The monoisotopic (exact) mass is 223 g/mol. The third-order valence-electron chi connectivity index (χ3n) is 2.15. The molecule has 0 aliphatic carbocycles. The van der Waals surface area contributed by atoms with Crippen molar-refractivity contribution < 1.29 is 14.3 Å². The lowest BCUT2D eigenvalue weighted by atomic mass is 10.1. The number of rotatable bonds is 5. The number of hydrogen-bond donors (Lipinski definition) is 2. The minimum Gasteiger partial charge on any atom is -0.478 e. The molecular weight excluding hydrogens is 209 g/mol. The van der Waals surface area contributed by atoms with Crippen LogP contribution in [0.5, 0.6) is 0 Å². The summed E-state index contributed by atoms with van der Waals surface area (Å²) in [4.78, 5) is 10.9. The van der Waals surface area contributed by atoms with Crippen LogP contribution in [-0.2, 0) is 0 Å². The minimum atomic E-state index is -1.27. The van der Waals surface area contributed by atoms with E-state index in [2.05, 4.69) is 11.9 Å². The lowest BCUT2D eigenvalue weighted by molar-refractivity contribution is 0.0693. The topological polar surface area (TPSA) is 49.3 Å². The minimum absolute atomic E-state index is 0.0115. The van der Waals surface area contributed by atoms with Gasteiger partial charge in [-0.25, -0.2) is 9.18 Å². The Balaban J connectivity index is 2.99. The highest BCUT2D eigenvalue weighted by molar-refractivity contribution is 5.94. The first-order chi connectivity index (χ1) is 7.56. The Kier molecular flexibility index (Phi) is 4.05. The quantitative estimate of drug-likeness (QED) is 0.754. The molecule has 0 aliphatic heterocycles. The summed E-state index contributed by atoms with van der Waals surface area (Å²) in [7, 11) is 0. The maximum absolute atomic E-state index is 13.3. The summed E-state index contributed by atoms with van der Waals surface area (Å²) in [6.45, 7) is 5.46. The van der Waals surface area contributed by atoms with Gasteiger partial charge in [-0.2, -0.15) is 0 Å². The molecule has 0 heterocycles. The van der Waals surface area contributed by atoms with E-state index in [0.717, 1.165) is 6.07 Å². The normalized spacial score (nSPS) is 11.9. The molecule has 1 aromatic carbocycles. The van der Waals surface area contributed by atoms with Crippen LogP contribution in [0.2, 0.25) is 0 Å². The van der Waals surface area contributed by atoms with E-state index in [-0.39, 0.29) is 11.6 Å². The Labute approximate surface area is 93.6 Å². The molecule has 0 amide bonds. The fourth-order valence-electron chi connectivity index (χ4n) is 1.44. The van der Waals surface area contributed by atoms with Crippen molar-refractivity contribution in [3.05, 3.63) is 42.2 Å². The SMILES string of the molecule is C=CCC(C)Nc1cccc(F)c1C(=O)O. The predicted octanol–water partition coefficient (Wildman–Crippen LogP) is 2.90. The molecule has 1 rings (SSSR count). The van der Waals surface area contributed by atoms with Crippen LogP contribution < -0.4 is 5.32 Å². The molecule has 0 saturated carbocycles. The van der Waals surface area contributed by atoms with Crippen molar-refractivity contribution in [2.75, 3.05) is 5.32 Å². The third-order valence-corrected chi connectivity index (χ3v) is 2.15. The van der Waals surface area contributed by atoms with E-state index in [4.69, 9.17) is 5.11 Å². The van der Waals surface area contributed by atoms with Crippen LogP contribution >= 0.6 is 0 Å². The number of halogens is 1. The largest absolute Gasteiger partial charge is 0.478 e. The fraction of sp³-hybridized carbons (Fsp3) is 0.250.